The van der Waals surface area contributed by atoms with E-state index in [2.05, 4.69) is 10.3 Å². The maximum Gasteiger partial charge on any atom is 0.220 e. The number of carbonyl (C=O) groups excluding carboxylic acids is 2. The molecule has 0 unspecified atom stereocenters. The molecule has 2 aromatic carbocycles. The van der Waals surface area contributed by atoms with Crippen LogP contribution in [0.5, 0.6) is 17.2 Å². The van der Waals surface area contributed by atoms with Gasteiger partial charge < -0.3 is 15.2 Å². The molecule has 154 valence electrons. The lowest BCUT2D eigenvalue weighted by Crippen LogP contribution is -2.23. The molecule has 1 heterocycles. The highest BCUT2D eigenvalue weighted by Crippen LogP contribution is 2.27. The number of phenols is 1. The molecule has 0 aliphatic carbocycles. The number of benzene rings is 2. The minimum Gasteiger partial charge on any atom is -0.508 e. The molecule has 3 rings (SSSR count). The summed E-state index contributed by atoms with van der Waals surface area (Å²) in [7, 11) is 0. The minimum absolute atomic E-state index is 0.101. The fourth-order valence-corrected chi connectivity index (χ4v) is 2.92. The summed E-state index contributed by atoms with van der Waals surface area (Å²) in [6, 6.07) is 15.6. The summed E-state index contributed by atoms with van der Waals surface area (Å²) >= 11 is 0. The maximum atomic E-state index is 12.4. The molecule has 0 saturated carbocycles. The Hall–Kier alpha value is -3.67. The molecule has 0 spiro atoms. The quantitative estimate of drug-likeness (QED) is 0.516. The number of amides is 1. The third-order valence-electron chi connectivity index (χ3n) is 4.64. The molecule has 1 aromatic heterocycles. The molecule has 0 bridgehead atoms. The lowest BCUT2D eigenvalue weighted by molar-refractivity contribution is -0.121. The van der Waals surface area contributed by atoms with Gasteiger partial charge in [0.05, 0.1) is 0 Å². The zero-order valence-corrected chi connectivity index (χ0v) is 16.8. The molecule has 0 fully saturated rings. The largest absolute Gasteiger partial charge is 0.508 e. The second kappa shape index (κ2) is 10.2. The van der Waals surface area contributed by atoms with Gasteiger partial charge in [-0.2, -0.15) is 0 Å². The number of ether oxygens (including phenoxy) is 1. The van der Waals surface area contributed by atoms with Crippen LogP contribution >= 0.6 is 0 Å². The summed E-state index contributed by atoms with van der Waals surface area (Å²) in [6.45, 7) is 2.35. The van der Waals surface area contributed by atoms with E-state index in [-0.39, 0.29) is 30.3 Å². The van der Waals surface area contributed by atoms with Crippen LogP contribution in [0.2, 0.25) is 0 Å². The Bertz CT molecular complexity index is 1000. The molecule has 0 atom stereocenters. The Morgan fingerprint density at radius 3 is 2.50 bits per heavy atom. The van der Waals surface area contributed by atoms with Crippen molar-refractivity contribution in [2.45, 2.75) is 32.7 Å². The van der Waals surface area contributed by atoms with E-state index in [1.54, 1.807) is 54.9 Å². The molecule has 0 radical (unpaired) electrons. The fourth-order valence-electron chi connectivity index (χ4n) is 2.92. The summed E-state index contributed by atoms with van der Waals surface area (Å²) in [4.78, 5) is 28.3. The van der Waals surface area contributed by atoms with Gasteiger partial charge in [0.25, 0.3) is 0 Å². The Kier molecular flexibility index (Phi) is 7.16. The molecule has 0 aliphatic heterocycles. The standard InChI is InChI=1S/C24H24N2O4/c1-2-18-14-21(9-10-22(18)27)30-20-7-5-19(6-8-20)23(28)11-12-24(29)26-16-17-4-3-13-25-15-17/h3-10,13-15,27H,2,11-12,16H2,1H3,(H,26,29). The van der Waals surface area contributed by atoms with Gasteiger partial charge in [0.1, 0.15) is 17.2 Å². The Morgan fingerprint density at radius 2 is 1.80 bits per heavy atom. The van der Waals surface area contributed by atoms with Crippen molar-refractivity contribution in [2.75, 3.05) is 0 Å². The summed E-state index contributed by atoms with van der Waals surface area (Å²) in [5.41, 5.74) is 2.25. The van der Waals surface area contributed by atoms with E-state index in [4.69, 9.17) is 4.74 Å². The number of aryl methyl sites for hydroxylation is 1. The van der Waals surface area contributed by atoms with Gasteiger partial charge >= 0.3 is 0 Å². The first-order valence-corrected chi connectivity index (χ1v) is 9.83. The lowest BCUT2D eigenvalue weighted by atomic mass is 10.1. The SMILES string of the molecule is CCc1cc(Oc2ccc(C(=O)CCC(=O)NCc3cccnc3)cc2)ccc1O. The topological polar surface area (TPSA) is 88.5 Å². The molecule has 6 heteroatoms. The zero-order chi connectivity index (χ0) is 21.3. The van der Waals surface area contributed by atoms with Gasteiger partial charge in [-0.15, -0.1) is 0 Å². The summed E-state index contributed by atoms with van der Waals surface area (Å²) in [6.07, 6.45) is 4.33. The van der Waals surface area contributed by atoms with Gasteiger partial charge in [0.15, 0.2) is 5.78 Å². The zero-order valence-electron chi connectivity index (χ0n) is 16.8. The van der Waals surface area contributed by atoms with Crippen LogP contribution in [0.4, 0.5) is 0 Å². The number of pyridine rings is 1. The molecule has 1 amide bonds. The highest BCUT2D eigenvalue weighted by molar-refractivity contribution is 5.98. The first-order chi connectivity index (χ1) is 14.5. The van der Waals surface area contributed by atoms with Crippen molar-refractivity contribution in [1.29, 1.82) is 0 Å². The number of aromatic nitrogens is 1. The van der Waals surface area contributed by atoms with Gasteiger partial charge in [0.2, 0.25) is 5.91 Å². The summed E-state index contributed by atoms with van der Waals surface area (Å²) in [5, 5.41) is 12.5. The van der Waals surface area contributed by atoms with Gasteiger partial charge in [-0.05, 0) is 66.1 Å². The second-order valence-electron chi connectivity index (χ2n) is 6.83. The number of rotatable bonds is 9. The van der Waals surface area contributed by atoms with Crippen LogP contribution in [0.3, 0.4) is 0 Å². The van der Waals surface area contributed by atoms with Crippen LogP contribution in [0.1, 0.15) is 41.3 Å². The molecule has 0 aliphatic rings. The van der Waals surface area contributed by atoms with Crippen LogP contribution in [-0.4, -0.2) is 21.8 Å². The molecular formula is C24H24N2O4. The maximum absolute atomic E-state index is 12.4. The van der Waals surface area contributed by atoms with Crippen LogP contribution in [0.15, 0.2) is 67.0 Å². The molecule has 6 nitrogen and oxygen atoms in total. The van der Waals surface area contributed by atoms with Crippen molar-refractivity contribution in [2.24, 2.45) is 0 Å². The van der Waals surface area contributed by atoms with Crippen LogP contribution in [0, 0.1) is 0 Å². The number of ketones is 1. The number of aromatic hydroxyl groups is 1. The monoisotopic (exact) mass is 404 g/mol. The van der Waals surface area contributed by atoms with Gasteiger partial charge in [-0.25, -0.2) is 0 Å². The smallest absolute Gasteiger partial charge is 0.220 e. The summed E-state index contributed by atoms with van der Waals surface area (Å²) in [5.74, 6) is 1.18. The van der Waals surface area contributed by atoms with E-state index in [1.807, 2.05) is 19.1 Å². The average Bonchev–Trinajstić information content (AvgIpc) is 2.78. The number of hydrogen-bond acceptors (Lipinski definition) is 5. The van der Waals surface area contributed by atoms with E-state index in [0.717, 1.165) is 11.1 Å². The number of nitrogens with zero attached hydrogens (tertiary/aromatic N) is 1. The van der Waals surface area contributed by atoms with Gasteiger partial charge in [-0.3, -0.25) is 14.6 Å². The van der Waals surface area contributed by atoms with E-state index >= 15 is 0 Å². The number of carbonyl (C=O) groups is 2. The summed E-state index contributed by atoms with van der Waals surface area (Å²) < 4.78 is 5.79. The molecule has 3 aromatic rings. The second-order valence-corrected chi connectivity index (χ2v) is 6.83. The van der Waals surface area contributed by atoms with E-state index in [1.165, 1.54) is 0 Å². The van der Waals surface area contributed by atoms with Crippen molar-refractivity contribution < 1.29 is 19.4 Å². The lowest BCUT2D eigenvalue weighted by Gasteiger charge is -2.09. The van der Waals surface area contributed by atoms with E-state index < -0.39 is 0 Å². The van der Waals surface area contributed by atoms with E-state index in [0.29, 0.717) is 30.0 Å². The van der Waals surface area contributed by atoms with Crippen LogP contribution in [0.25, 0.3) is 0 Å². The van der Waals surface area contributed by atoms with Crippen molar-refractivity contribution in [1.82, 2.24) is 10.3 Å². The Morgan fingerprint density at radius 1 is 1.03 bits per heavy atom. The first kappa shape index (κ1) is 21.0. The van der Waals surface area contributed by atoms with Crippen LogP contribution < -0.4 is 10.1 Å². The van der Waals surface area contributed by atoms with Crippen molar-refractivity contribution in [3.8, 4) is 17.2 Å². The van der Waals surface area contributed by atoms with Crippen LogP contribution in [-0.2, 0) is 17.8 Å². The predicted molar refractivity (Wildman–Crippen MR) is 114 cm³/mol. The first-order valence-electron chi connectivity index (χ1n) is 9.83. The number of nitrogens with one attached hydrogen (secondary N) is 1. The fraction of sp³-hybridized carbons (Fsp3) is 0.208. The molecule has 0 saturated heterocycles. The average molecular weight is 404 g/mol. The Balaban J connectivity index is 1.49. The molecule has 2 N–H and O–H groups in total. The normalized spacial score (nSPS) is 10.4. The van der Waals surface area contributed by atoms with Gasteiger partial charge in [-0.1, -0.05) is 13.0 Å². The molecule has 30 heavy (non-hydrogen) atoms. The van der Waals surface area contributed by atoms with Crippen molar-refractivity contribution >= 4 is 11.7 Å². The van der Waals surface area contributed by atoms with E-state index in [9.17, 15) is 14.7 Å². The Labute approximate surface area is 175 Å². The third kappa shape index (κ3) is 5.91. The third-order valence-corrected chi connectivity index (χ3v) is 4.64. The number of phenolic OH excluding ortho intramolecular Hbond substituents is 1. The minimum atomic E-state index is -0.175. The number of Topliss-reactive ketones (excluding diaryl/α,β-unsaturated/α-hetero) is 1. The van der Waals surface area contributed by atoms with Gasteiger partial charge in [0, 0.05) is 37.3 Å². The molecular weight excluding hydrogens is 380 g/mol. The van der Waals surface area contributed by atoms with Crippen molar-refractivity contribution in [3.63, 3.8) is 0 Å². The number of hydrogen-bond donors (Lipinski definition) is 2. The highest BCUT2D eigenvalue weighted by atomic mass is 16.5. The predicted octanol–water partition coefficient (Wildman–Crippen LogP) is 4.42. The highest BCUT2D eigenvalue weighted by Gasteiger charge is 2.10. The van der Waals surface area contributed by atoms with Crippen molar-refractivity contribution in [3.05, 3.63) is 83.7 Å².